The Morgan fingerprint density at radius 3 is 2.86 bits per heavy atom. The minimum atomic E-state index is 0.458. The van der Waals surface area contributed by atoms with Crippen LogP contribution < -0.4 is 0 Å². The molecular formula is C16H21BrClN3. The molecule has 0 unspecified atom stereocenters. The first-order valence-corrected chi connectivity index (χ1v) is 8.92. The van der Waals surface area contributed by atoms with Crippen molar-refractivity contribution in [2.75, 3.05) is 13.6 Å². The van der Waals surface area contributed by atoms with E-state index in [0.717, 1.165) is 34.9 Å². The summed E-state index contributed by atoms with van der Waals surface area (Å²) in [4.78, 5) is 7.13. The second-order valence-electron chi connectivity index (χ2n) is 5.87. The van der Waals surface area contributed by atoms with Gasteiger partial charge in [-0.2, -0.15) is 0 Å². The summed E-state index contributed by atoms with van der Waals surface area (Å²) >= 11 is 9.62. The van der Waals surface area contributed by atoms with E-state index in [0.29, 0.717) is 5.88 Å². The number of benzene rings is 1. The van der Waals surface area contributed by atoms with Crippen LogP contribution in [0.5, 0.6) is 0 Å². The molecule has 1 heterocycles. The highest BCUT2D eigenvalue weighted by Gasteiger charge is 2.19. The van der Waals surface area contributed by atoms with Crippen molar-refractivity contribution in [2.24, 2.45) is 0 Å². The van der Waals surface area contributed by atoms with Crippen molar-refractivity contribution in [3.8, 4) is 0 Å². The number of imidazole rings is 1. The van der Waals surface area contributed by atoms with E-state index < -0.39 is 0 Å². The van der Waals surface area contributed by atoms with Crippen LogP contribution in [-0.2, 0) is 12.4 Å². The van der Waals surface area contributed by atoms with Crippen LogP contribution in [0, 0.1) is 0 Å². The molecule has 0 saturated heterocycles. The van der Waals surface area contributed by atoms with Crippen LogP contribution in [0.15, 0.2) is 22.7 Å². The Morgan fingerprint density at radius 1 is 1.38 bits per heavy atom. The monoisotopic (exact) mass is 369 g/mol. The van der Waals surface area contributed by atoms with Gasteiger partial charge in [0.25, 0.3) is 0 Å². The van der Waals surface area contributed by atoms with Gasteiger partial charge in [-0.25, -0.2) is 4.98 Å². The second-order valence-corrected chi connectivity index (χ2v) is 7.05. The maximum absolute atomic E-state index is 6.08. The zero-order chi connectivity index (χ0) is 14.8. The fraction of sp³-hybridized carbons (Fsp3) is 0.562. The topological polar surface area (TPSA) is 21.1 Å². The lowest BCUT2D eigenvalue weighted by molar-refractivity contribution is 0.236. The van der Waals surface area contributed by atoms with Crippen molar-refractivity contribution >= 4 is 38.6 Å². The summed E-state index contributed by atoms with van der Waals surface area (Å²) in [6, 6.07) is 6.97. The van der Waals surface area contributed by atoms with Gasteiger partial charge >= 0.3 is 0 Å². The number of aromatic nitrogens is 2. The van der Waals surface area contributed by atoms with Crippen LogP contribution >= 0.6 is 27.5 Å². The predicted octanol–water partition coefficient (Wildman–Crippen LogP) is 4.41. The number of hydrogen-bond donors (Lipinski definition) is 0. The minimum Gasteiger partial charge on any atom is -0.326 e. The first kappa shape index (κ1) is 15.3. The van der Waals surface area contributed by atoms with Crippen LogP contribution in [-0.4, -0.2) is 34.1 Å². The quantitative estimate of drug-likeness (QED) is 0.727. The van der Waals surface area contributed by atoms with Crippen molar-refractivity contribution in [3.63, 3.8) is 0 Å². The standard InChI is InChI=1S/C16H21BrClN3/c1-20(13-4-2-3-5-13)8-9-21-15-10-12(17)6-7-14(15)19-16(21)11-18/h6-7,10,13H,2-5,8-9,11H2,1H3. The molecule has 0 atom stereocenters. The first-order valence-electron chi connectivity index (χ1n) is 7.60. The van der Waals surface area contributed by atoms with Crippen molar-refractivity contribution in [2.45, 2.75) is 44.1 Å². The lowest BCUT2D eigenvalue weighted by Gasteiger charge is -2.24. The van der Waals surface area contributed by atoms with E-state index in [4.69, 9.17) is 11.6 Å². The summed E-state index contributed by atoms with van der Waals surface area (Å²) in [6.45, 7) is 1.99. The van der Waals surface area contributed by atoms with Gasteiger partial charge in [-0.3, -0.25) is 0 Å². The third-order valence-electron chi connectivity index (χ3n) is 4.53. The van der Waals surface area contributed by atoms with Crippen LogP contribution in [0.2, 0.25) is 0 Å². The summed E-state index contributed by atoms with van der Waals surface area (Å²) in [5.41, 5.74) is 2.19. The van der Waals surface area contributed by atoms with Crippen molar-refractivity contribution in [1.82, 2.24) is 14.5 Å². The molecule has 1 aliphatic rings. The molecule has 21 heavy (non-hydrogen) atoms. The van der Waals surface area contributed by atoms with Gasteiger partial charge in [0, 0.05) is 23.6 Å². The lowest BCUT2D eigenvalue weighted by atomic mass is 10.2. The number of halogens is 2. The van der Waals surface area contributed by atoms with Crippen molar-refractivity contribution < 1.29 is 0 Å². The van der Waals surface area contributed by atoms with Gasteiger partial charge in [0.15, 0.2) is 0 Å². The Bertz CT molecular complexity index is 619. The van der Waals surface area contributed by atoms with Crippen molar-refractivity contribution in [3.05, 3.63) is 28.5 Å². The van der Waals surface area contributed by atoms with Gasteiger partial charge in [-0.15, -0.1) is 11.6 Å². The van der Waals surface area contributed by atoms with E-state index >= 15 is 0 Å². The molecule has 0 bridgehead atoms. The molecule has 0 spiro atoms. The highest BCUT2D eigenvalue weighted by molar-refractivity contribution is 9.10. The Labute approximate surface area is 139 Å². The number of rotatable bonds is 5. The molecule has 1 saturated carbocycles. The van der Waals surface area contributed by atoms with E-state index in [2.05, 4.69) is 43.5 Å². The Kier molecular flexibility index (Phi) is 4.87. The normalized spacial score (nSPS) is 16.4. The molecule has 1 aromatic heterocycles. The van der Waals surface area contributed by atoms with E-state index in [1.165, 1.54) is 31.2 Å². The fourth-order valence-electron chi connectivity index (χ4n) is 3.28. The molecule has 1 aliphatic carbocycles. The average molecular weight is 371 g/mol. The number of nitrogens with zero attached hydrogens (tertiary/aromatic N) is 3. The maximum Gasteiger partial charge on any atom is 0.124 e. The second kappa shape index (κ2) is 6.67. The van der Waals surface area contributed by atoms with Gasteiger partial charge in [-0.05, 0) is 38.1 Å². The molecule has 0 amide bonds. The van der Waals surface area contributed by atoms with Gasteiger partial charge in [0.1, 0.15) is 5.82 Å². The van der Waals surface area contributed by atoms with Crippen LogP contribution in [0.4, 0.5) is 0 Å². The number of hydrogen-bond acceptors (Lipinski definition) is 2. The van der Waals surface area contributed by atoms with E-state index in [9.17, 15) is 0 Å². The van der Waals surface area contributed by atoms with Crippen LogP contribution in [0.1, 0.15) is 31.5 Å². The summed E-state index contributed by atoms with van der Waals surface area (Å²) < 4.78 is 3.35. The Morgan fingerprint density at radius 2 is 2.14 bits per heavy atom. The van der Waals surface area contributed by atoms with E-state index in [1.807, 2.05) is 12.1 Å². The molecule has 5 heteroatoms. The SMILES string of the molecule is CN(CCn1c(CCl)nc2ccc(Br)cc21)C1CCCC1. The Balaban J connectivity index is 1.80. The highest BCUT2D eigenvalue weighted by Crippen LogP contribution is 2.24. The average Bonchev–Trinajstić information content (AvgIpc) is 3.12. The molecule has 114 valence electrons. The van der Waals surface area contributed by atoms with Gasteiger partial charge < -0.3 is 9.47 Å². The van der Waals surface area contributed by atoms with Crippen LogP contribution in [0.25, 0.3) is 11.0 Å². The minimum absolute atomic E-state index is 0.458. The summed E-state index contributed by atoms with van der Waals surface area (Å²) in [5, 5.41) is 0. The number of alkyl halides is 1. The summed E-state index contributed by atoms with van der Waals surface area (Å²) in [6.07, 6.45) is 5.44. The third kappa shape index (κ3) is 3.27. The number of fused-ring (bicyclic) bond motifs is 1. The molecule has 0 aliphatic heterocycles. The van der Waals surface area contributed by atoms with Crippen molar-refractivity contribution in [1.29, 1.82) is 0 Å². The molecule has 3 nitrogen and oxygen atoms in total. The first-order chi connectivity index (χ1) is 10.2. The largest absolute Gasteiger partial charge is 0.326 e. The summed E-state index contributed by atoms with van der Waals surface area (Å²) in [5.74, 6) is 1.42. The van der Waals surface area contributed by atoms with Gasteiger partial charge in [0.05, 0.1) is 16.9 Å². The van der Waals surface area contributed by atoms with E-state index in [-0.39, 0.29) is 0 Å². The van der Waals surface area contributed by atoms with Gasteiger partial charge in [-0.1, -0.05) is 28.8 Å². The van der Waals surface area contributed by atoms with Crippen LogP contribution in [0.3, 0.4) is 0 Å². The molecule has 1 aromatic carbocycles. The predicted molar refractivity (Wildman–Crippen MR) is 91.9 cm³/mol. The van der Waals surface area contributed by atoms with E-state index in [1.54, 1.807) is 0 Å². The Hall–Kier alpha value is -0.580. The lowest BCUT2D eigenvalue weighted by Crippen LogP contribution is -2.32. The molecular weight excluding hydrogens is 350 g/mol. The fourth-order valence-corrected chi connectivity index (χ4v) is 3.84. The molecule has 0 radical (unpaired) electrons. The molecule has 1 fully saturated rings. The summed E-state index contributed by atoms with van der Waals surface area (Å²) in [7, 11) is 2.24. The smallest absolute Gasteiger partial charge is 0.124 e. The zero-order valence-corrected chi connectivity index (χ0v) is 14.7. The third-order valence-corrected chi connectivity index (χ3v) is 5.27. The number of likely N-dealkylation sites (N-methyl/N-ethyl adjacent to an activating group) is 1. The van der Waals surface area contributed by atoms with Gasteiger partial charge in [0.2, 0.25) is 0 Å². The molecule has 2 aromatic rings. The maximum atomic E-state index is 6.08. The zero-order valence-electron chi connectivity index (χ0n) is 12.4. The molecule has 3 rings (SSSR count). The highest BCUT2D eigenvalue weighted by atomic mass is 79.9. The molecule has 0 N–H and O–H groups in total.